The van der Waals surface area contributed by atoms with Crippen LogP contribution in [-0.4, -0.2) is 30.4 Å². The maximum atomic E-state index is 3.93. The predicted octanol–water partition coefficient (Wildman–Crippen LogP) is 1.92. The molecule has 0 aliphatic carbocycles. The lowest BCUT2D eigenvalue weighted by molar-refractivity contribution is 1.12. The number of aromatic amines is 2. The van der Waals surface area contributed by atoms with Crippen LogP contribution in [-0.2, 0) is 0 Å². The van der Waals surface area contributed by atoms with E-state index in [-0.39, 0.29) is 0 Å². The van der Waals surface area contributed by atoms with Gasteiger partial charge >= 0.3 is 0 Å². The third-order valence-corrected chi connectivity index (χ3v) is 2.48. The molecular formula is C12H10N6. The number of nitrogens with zero attached hydrogens (tertiary/aromatic N) is 4. The highest BCUT2D eigenvalue weighted by molar-refractivity contribution is 5.76. The van der Waals surface area contributed by atoms with Crippen LogP contribution in [0.5, 0.6) is 0 Å². The highest BCUT2D eigenvalue weighted by Crippen LogP contribution is 2.05. The summed E-state index contributed by atoms with van der Waals surface area (Å²) in [5, 5.41) is 15.4. The molecule has 2 N–H and O–H groups in total. The third kappa shape index (κ3) is 2.03. The number of hydrogen-bond acceptors (Lipinski definition) is 4. The normalized spacial score (nSPS) is 10.2. The zero-order valence-corrected chi connectivity index (χ0v) is 9.41. The smallest absolute Gasteiger partial charge is 0.0681 e. The van der Waals surface area contributed by atoms with Gasteiger partial charge in [-0.2, -0.15) is 10.2 Å². The molecule has 0 bridgehead atoms. The van der Waals surface area contributed by atoms with Crippen LogP contribution in [0.3, 0.4) is 0 Å². The van der Waals surface area contributed by atoms with Gasteiger partial charge in [0.1, 0.15) is 0 Å². The molecule has 0 saturated carbocycles. The highest BCUT2D eigenvalue weighted by Gasteiger charge is 1.89. The summed E-state index contributed by atoms with van der Waals surface area (Å²) in [6.45, 7) is 0. The fraction of sp³-hybridized carbons (Fsp3) is 0. The zero-order chi connectivity index (χ0) is 12.2. The molecule has 4 heterocycles. The molecule has 4 rings (SSSR count). The maximum absolute atomic E-state index is 3.93. The van der Waals surface area contributed by atoms with Crippen molar-refractivity contribution in [2.45, 2.75) is 0 Å². The molecule has 4 aromatic rings. The zero-order valence-electron chi connectivity index (χ0n) is 9.41. The standard InChI is InChI=1S/2C6H5N3/c2*1-2-7-3-5-4-8-9-6(1)5/h2*1-4H,(H,8,9). The lowest BCUT2D eigenvalue weighted by Gasteiger charge is -1.80. The van der Waals surface area contributed by atoms with Gasteiger partial charge in [0.25, 0.3) is 0 Å². The summed E-state index contributed by atoms with van der Waals surface area (Å²) >= 11 is 0. The summed E-state index contributed by atoms with van der Waals surface area (Å²) < 4.78 is 0. The number of hydrogen-bond donors (Lipinski definition) is 2. The topological polar surface area (TPSA) is 83.1 Å². The molecule has 0 fully saturated rings. The van der Waals surface area contributed by atoms with Crippen LogP contribution in [0, 0.1) is 0 Å². The van der Waals surface area contributed by atoms with Crippen molar-refractivity contribution in [1.29, 1.82) is 0 Å². The number of nitrogens with one attached hydrogen (secondary N) is 2. The average Bonchev–Trinajstić information content (AvgIpc) is 3.08. The van der Waals surface area contributed by atoms with Gasteiger partial charge in [-0.15, -0.1) is 0 Å². The van der Waals surface area contributed by atoms with Crippen LogP contribution < -0.4 is 0 Å². The first-order chi connectivity index (χ1) is 8.93. The van der Waals surface area contributed by atoms with E-state index < -0.39 is 0 Å². The predicted molar refractivity (Wildman–Crippen MR) is 67.8 cm³/mol. The first-order valence-corrected chi connectivity index (χ1v) is 5.40. The Morgan fingerprint density at radius 1 is 0.667 bits per heavy atom. The number of pyridine rings is 2. The number of fused-ring (bicyclic) bond motifs is 2. The third-order valence-electron chi connectivity index (χ3n) is 2.48. The highest BCUT2D eigenvalue weighted by atomic mass is 15.1. The first kappa shape index (κ1) is 10.4. The Kier molecular flexibility index (Phi) is 2.67. The van der Waals surface area contributed by atoms with Gasteiger partial charge in [-0.25, -0.2) is 0 Å². The molecule has 18 heavy (non-hydrogen) atoms. The van der Waals surface area contributed by atoms with Crippen LogP contribution in [0.2, 0.25) is 0 Å². The SMILES string of the molecule is c1cc2[nH]ncc2cn1.c1cc2[nH]ncc2cn1. The molecular weight excluding hydrogens is 228 g/mol. The van der Waals surface area contributed by atoms with E-state index in [0.29, 0.717) is 0 Å². The van der Waals surface area contributed by atoms with Gasteiger partial charge in [0.2, 0.25) is 0 Å². The molecule has 6 nitrogen and oxygen atoms in total. The molecule has 0 atom stereocenters. The average molecular weight is 238 g/mol. The van der Waals surface area contributed by atoms with Gasteiger partial charge in [-0.3, -0.25) is 20.2 Å². The van der Waals surface area contributed by atoms with Crippen molar-refractivity contribution in [3.63, 3.8) is 0 Å². The van der Waals surface area contributed by atoms with Crippen molar-refractivity contribution < 1.29 is 0 Å². The van der Waals surface area contributed by atoms with E-state index in [4.69, 9.17) is 0 Å². The summed E-state index contributed by atoms with van der Waals surface area (Å²) in [6, 6.07) is 3.78. The Morgan fingerprint density at radius 2 is 1.17 bits per heavy atom. The van der Waals surface area contributed by atoms with Crippen molar-refractivity contribution >= 4 is 21.8 Å². The van der Waals surface area contributed by atoms with Gasteiger partial charge in [-0.05, 0) is 12.1 Å². The molecule has 0 radical (unpaired) electrons. The molecule has 0 aromatic carbocycles. The minimum absolute atomic E-state index is 1.03. The van der Waals surface area contributed by atoms with Gasteiger partial charge < -0.3 is 0 Å². The van der Waals surface area contributed by atoms with Crippen molar-refractivity contribution in [2.75, 3.05) is 0 Å². The van der Waals surface area contributed by atoms with E-state index in [1.54, 1.807) is 37.2 Å². The molecule has 0 unspecified atom stereocenters. The van der Waals surface area contributed by atoms with Crippen LogP contribution in [0.4, 0.5) is 0 Å². The monoisotopic (exact) mass is 238 g/mol. The Morgan fingerprint density at radius 3 is 1.61 bits per heavy atom. The van der Waals surface area contributed by atoms with Crippen molar-refractivity contribution in [2.24, 2.45) is 0 Å². The summed E-state index contributed by atoms with van der Waals surface area (Å²) in [7, 11) is 0. The largest absolute Gasteiger partial charge is 0.278 e. The fourth-order valence-electron chi connectivity index (χ4n) is 1.57. The lowest BCUT2D eigenvalue weighted by Crippen LogP contribution is -1.68. The minimum Gasteiger partial charge on any atom is -0.278 e. The van der Waals surface area contributed by atoms with E-state index >= 15 is 0 Å². The van der Waals surface area contributed by atoms with Crippen molar-refractivity contribution in [3.8, 4) is 0 Å². The summed E-state index contributed by atoms with van der Waals surface area (Å²) in [5.41, 5.74) is 2.06. The van der Waals surface area contributed by atoms with Crippen LogP contribution in [0.25, 0.3) is 21.8 Å². The van der Waals surface area contributed by atoms with E-state index in [1.165, 1.54) is 0 Å². The van der Waals surface area contributed by atoms with Gasteiger partial charge in [0.05, 0.1) is 23.4 Å². The second kappa shape index (κ2) is 4.62. The second-order valence-electron chi connectivity index (χ2n) is 3.67. The number of rotatable bonds is 0. The Balaban J connectivity index is 0.000000111. The first-order valence-electron chi connectivity index (χ1n) is 5.40. The van der Waals surface area contributed by atoms with Crippen LogP contribution >= 0.6 is 0 Å². The van der Waals surface area contributed by atoms with Crippen LogP contribution in [0.1, 0.15) is 0 Å². The van der Waals surface area contributed by atoms with Crippen LogP contribution in [0.15, 0.2) is 49.3 Å². The molecule has 0 amide bonds. The number of aromatic nitrogens is 6. The van der Waals surface area contributed by atoms with E-state index in [2.05, 4.69) is 30.4 Å². The Labute approximate surface area is 102 Å². The van der Waals surface area contributed by atoms with E-state index in [9.17, 15) is 0 Å². The molecule has 4 aromatic heterocycles. The van der Waals surface area contributed by atoms with E-state index in [1.807, 2.05) is 12.1 Å². The van der Waals surface area contributed by atoms with Crippen molar-refractivity contribution in [3.05, 3.63) is 49.3 Å². The lowest BCUT2D eigenvalue weighted by atomic mass is 10.3. The minimum atomic E-state index is 1.03. The molecule has 88 valence electrons. The van der Waals surface area contributed by atoms with E-state index in [0.717, 1.165) is 21.8 Å². The fourth-order valence-corrected chi connectivity index (χ4v) is 1.57. The summed E-state index contributed by atoms with van der Waals surface area (Å²) in [5.74, 6) is 0. The van der Waals surface area contributed by atoms with Gasteiger partial charge in [-0.1, -0.05) is 0 Å². The second-order valence-corrected chi connectivity index (χ2v) is 3.67. The number of H-pyrrole nitrogens is 2. The quantitative estimate of drug-likeness (QED) is 0.490. The van der Waals surface area contributed by atoms with Gasteiger partial charge in [0, 0.05) is 35.6 Å². The summed E-state index contributed by atoms with van der Waals surface area (Å²) in [6.07, 6.45) is 10.5. The molecule has 6 heteroatoms. The summed E-state index contributed by atoms with van der Waals surface area (Å²) in [4.78, 5) is 7.85. The molecule has 0 aliphatic heterocycles. The molecule has 0 spiro atoms. The van der Waals surface area contributed by atoms with Crippen molar-refractivity contribution in [1.82, 2.24) is 30.4 Å². The molecule has 0 saturated heterocycles. The Hall–Kier alpha value is -2.76. The van der Waals surface area contributed by atoms with Gasteiger partial charge in [0.15, 0.2) is 0 Å². The maximum Gasteiger partial charge on any atom is 0.0681 e. The molecule has 0 aliphatic rings. The Bertz CT molecular complexity index is 631.